The van der Waals surface area contributed by atoms with Crippen molar-refractivity contribution >= 4 is 6.29 Å². The van der Waals surface area contributed by atoms with E-state index in [2.05, 4.69) is 27.1 Å². The van der Waals surface area contributed by atoms with Crippen LogP contribution in [0.2, 0.25) is 0 Å². The molecule has 1 rings (SSSR count). The SMILES string of the molecule is CC(C)(C)C1CCC([C]=O)CC1. The Hall–Kier alpha value is -0.330. The van der Waals surface area contributed by atoms with Crippen LogP contribution in [0.1, 0.15) is 46.5 Å². The molecule has 0 amide bonds. The van der Waals surface area contributed by atoms with E-state index in [1.807, 2.05) is 0 Å². The van der Waals surface area contributed by atoms with E-state index in [1.165, 1.54) is 12.8 Å². The summed E-state index contributed by atoms with van der Waals surface area (Å²) in [5.41, 5.74) is 0.424. The Labute approximate surface area is 75.5 Å². The van der Waals surface area contributed by atoms with Crippen molar-refractivity contribution in [3.8, 4) is 0 Å². The molecule has 1 fully saturated rings. The monoisotopic (exact) mass is 167 g/mol. The summed E-state index contributed by atoms with van der Waals surface area (Å²) < 4.78 is 0. The van der Waals surface area contributed by atoms with Gasteiger partial charge in [-0.05, 0) is 37.0 Å². The molecule has 0 aliphatic heterocycles. The molecule has 1 saturated carbocycles. The summed E-state index contributed by atoms with van der Waals surface area (Å²) in [6.45, 7) is 6.88. The van der Waals surface area contributed by atoms with Crippen molar-refractivity contribution < 1.29 is 4.79 Å². The van der Waals surface area contributed by atoms with Gasteiger partial charge in [-0.15, -0.1) is 0 Å². The van der Waals surface area contributed by atoms with Crippen LogP contribution in [-0.4, -0.2) is 6.29 Å². The second kappa shape index (κ2) is 3.59. The highest BCUT2D eigenvalue weighted by molar-refractivity contribution is 5.54. The molecule has 69 valence electrons. The zero-order valence-corrected chi connectivity index (χ0v) is 8.39. The Morgan fingerprint density at radius 3 is 1.92 bits per heavy atom. The fourth-order valence-corrected chi connectivity index (χ4v) is 2.08. The molecule has 0 saturated heterocycles. The van der Waals surface area contributed by atoms with Crippen LogP contribution in [0.3, 0.4) is 0 Å². The molecule has 0 aromatic rings. The van der Waals surface area contributed by atoms with Gasteiger partial charge >= 0.3 is 0 Å². The lowest BCUT2D eigenvalue weighted by Crippen LogP contribution is -2.26. The van der Waals surface area contributed by atoms with Gasteiger partial charge in [0.05, 0.1) is 0 Å². The van der Waals surface area contributed by atoms with Crippen molar-refractivity contribution in [1.82, 2.24) is 0 Å². The van der Waals surface area contributed by atoms with Crippen LogP contribution in [0.25, 0.3) is 0 Å². The molecular formula is C11H19O. The van der Waals surface area contributed by atoms with Crippen molar-refractivity contribution in [2.24, 2.45) is 17.3 Å². The summed E-state index contributed by atoms with van der Waals surface area (Å²) in [6.07, 6.45) is 6.67. The summed E-state index contributed by atoms with van der Waals surface area (Å²) in [5.74, 6) is 1.05. The van der Waals surface area contributed by atoms with Crippen molar-refractivity contribution in [2.75, 3.05) is 0 Å². The van der Waals surface area contributed by atoms with Gasteiger partial charge in [0.25, 0.3) is 0 Å². The Bertz CT molecular complexity index is 147. The lowest BCUT2D eigenvalue weighted by atomic mass is 9.70. The first-order valence-corrected chi connectivity index (χ1v) is 4.91. The van der Waals surface area contributed by atoms with Gasteiger partial charge in [0.15, 0.2) is 0 Å². The van der Waals surface area contributed by atoms with E-state index in [1.54, 1.807) is 0 Å². The molecular weight excluding hydrogens is 148 g/mol. The molecule has 0 aromatic heterocycles. The molecule has 0 heterocycles. The second-order valence-corrected chi connectivity index (χ2v) is 5.03. The molecule has 0 aromatic carbocycles. The zero-order chi connectivity index (χ0) is 9.19. The van der Waals surface area contributed by atoms with Crippen LogP contribution < -0.4 is 0 Å². The molecule has 1 radical (unpaired) electrons. The first kappa shape index (κ1) is 9.76. The van der Waals surface area contributed by atoms with Gasteiger partial charge in [-0.2, -0.15) is 0 Å². The van der Waals surface area contributed by atoms with Gasteiger partial charge in [-0.1, -0.05) is 20.8 Å². The van der Waals surface area contributed by atoms with Gasteiger partial charge < -0.3 is 0 Å². The van der Waals surface area contributed by atoms with Crippen LogP contribution >= 0.6 is 0 Å². The molecule has 1 nitrogen and oxygen atoms in total. The smallest absolute Gasteiger partial charge is 0.201 e. The molecule has 1 aliphatic carbocycles. The Morgan fingerprint density at radius 1 is 1.08 bits per heavy atom. The molecule has 0 atom stereocenters. The second-order valence-electron chi connectivity index (χ2n) is 5.03. The number of rotatable bonds is 1. The lowest BCUT2D eigenvalue weighted by Gasteiger charge is -2.35. The van der Waals surface area contributed by atoms with Crippen LogP contribution in [0.4, 0.5) is 0 Å². The van der Waals surface area contributed by atoms with Gasteiger partial charge in [-0.3, -0.25) is 4.79 Å². The lowest BCUT2D eigenvalue weighted by molar-refractivity contribution is 0.166. The average molecular weight is 167 g/mol. The minimum atomic E-state index is 0.239. The van der Waals surface area contributed by atoms with Crippen molar-refractivity contribution in [3.05, 3.63) is 0 Å². The van der Waals surface area contributed by atoms with Crippen LogP contribution in [0, 0.1) is 17.3 Å². The fourth-order valence-electron chi connectivity index (χ4n) is 2.08. The molecule has 0 N–H and O–H groups in total. The summed E-state index contributed by atoms with van der Waals surface area (Å²) in [6, 6.07) is 0. The van der Waals surface area contributed by atoms with Crippen molar-refractivity contribution in [1.29, 1.82) is 0 Å². The maximum Gasteiger partial charge on any atom is 0.201 e. The minimum absolute atomic E-state index is 0.239. The summed E-state index contributed by atoms with van der Waals surface area (Å²) >= 11 is 0. The summed E-state index contributed by atoms with van der Waals surface area (Å²) in [7, 11) is 0. The van der Waals surface area contributed by atoms with Gasteiger partial charge in [0.1, 0.15) is 0 Å². The van der Waals surface area contributed by atoms with E-state index in [0.29, 0.717) is 5.41 Å². The Kier molecular flexibility index (Phi) is 2.92. The molecule has 1 aliphatic rings. The van der Waals surface area contributed by atoms with E-state index in [4.69, 9.17) is 0 Å². The number of hydrogen-bond acceptors (Lipinski definition) is 1. The highest BCUT2D eigenvalue weighted by Crippen LogP contribution is 2.39. The normalized spacial score (nSPS) is 31.6. The van der Waals surface area contributed by atoms with Crippen LogP contribution in [0.15, 0.2) is 0 Å². The Morgan fingerprint density at radius 2 is 1.58 bits per heavy atom. The van der Waals surface area contributed by atoms with Gasteiger partial charge in [0, 0.05) is 5.92 Å². The highest BCUT2D eigenvalue weighted by Gasteiger charge is 2.29. The van der Waals surface area contributed by atoms with E-state index >= 15 is 0 Å². The predicted octanol–water partition coefficient (Wildman–Crippen LogP) is 2.95. The maximum absolute atomic E-state index is 10.4. The topological polar surface area (TPSA) is 17.1 Å². The standard InChI is InChI=1S/C11H19O/c1-11(2,3)10-6-4-9(8-12)5-7-10/h9-10H,4-7H2,1-3H3. The molecule has 1 heteroatoms. The third-order valence-electron chi connectivity index (χ3n) is 3.12. The quantitative estimate of drug-likeness (QED) is 0.587. The van der Waals surface area contributed by atoms with E-state index in [-0.39, 0.29) is 5.92 Å². The average Bonchev–Trinajstić information content (AvgIpc) is 2.03. The maximum atomic E-state index is 10.4. The number of carbonyl (C=O) groups excluding carboxylic acids is 1. The first-order valence-electron chi connectivity index (χ1n) is 4.91. The number of hydrogen-bond donors (Lipinski definition) is 0. The summed E-state index contributed by atoms with van der Waals surface area (Å²) in [5, 5.41) is 0. The van der Waals surface area contributed by atoms with Crippen LogP contribution in [-0.2, 0) is 4.79 Å². The predicted molar refractivity (Wildman–Crippen MR) is 50.6 cm³/mol. The van der Waals surface area contributed by atoms with Crippen molar-refractivity contribution in [3.63, 3.8) is 0 Å². The van der Waals surface area contributed by atoms with Crippen LogP contribution in [0.5, 0.6) is 0 Å². The third-order valence-corrected chi connectivity index (χ3v) is 3.12. The first-order chi connectivity index (χ1) is 5.54. The highest BCUT2D eigenvalue weighted by atomic mass is 16.1. The molecule has 0 bridgehead atoms. The van der Waals surface area contributed by atoms with Gasteiger partial charge in [-0.25, -0.2) is 0 Å². The van der Waals surface area contributed by atoms with E-state index in [0.717, 1.165) is 18.8 Å². The Balaban J connectivity index is 2.41. The molecule has 12 heavy (non-hydrogen) atoms. The van der Waals surface area contributed by atoms with E-state index in [9.17, 15) is 4.79 Å². The zero-order valence-electron chi connectivity index (χ0n) is 8.39. The molecule has 0 spiro atoms. The van der Waals surface area contributed by atoms with Gasteiger partial charge in [0.2, 0.25) is 6.29 Å². The minimum Gasteiger partial charge on any atom is -0.291 e. The molecule has 0 unspecified atom stereocenters. The third kappa shape index (κ3) is 2.33. The largest absolute Gasteiger partial charge is 0.291 e. The van der Waals surface area contributed by atoms with E-state index < -0.39 is 0 Å². The summed E-state index contributed by atoms with van der Waals surface area (Å²) in [4.78, 5) is 10.4. The van der Waals surface area contributed by atoms with Crippen molar-refractivity contribution in [2.45, 2.75) is 46.5 Å². The fraction of sp³-hybridized carbons (Fsp3) is 0.909.